The third-order valence-electron chi connectivity index (χ3n) is 20.7. The van der Waals surface area contributed by atoms with Crippen molar-refractivity contribution in [3.8, 4) is 0 Å². The maximum absolute atomic E-state index is 13.1. The van der Waals surface area contributed by atoms with E-state index >= 15 is 0 Å². The molecule has 44 heteroatoms. The largest absolute Gasteiger partial charge is 0.398 e. The molecule has 0 saturated heterocycles. The molecule has 0 spiro atoms. The molecule has 0 unspecified atom stereocenters. The zero-order valence-corrected chi connectivity index (χ0v) is 86.5. The van der Waals surface area contributed by atoms with Crippen LogP contribution in [0.4, 0.5) is 45.5 Å². The molecule has 0 amide bonds. The van der Waals surface area contributed by atoms with Crippen molar-refractivity contribution in [1.29, 1.82) is 0 Å². The van der Waals surface area contributed by atoms with Crippen molar-refractivity contribution < 1.29 is 76.9 Å². The number of nitrogens with zero attached hydrogens (tertiary/aromatic N) is 6. The van der Waals surface area contributed by atoms with Gasteiger partial charge in [-0.05, 0) is 194 Å². The van der Waals surface area contributed by atoms with Gasteiger partial charge in [-0.3, -0.25) is 28.5 Å². The normalized spacial score (nSPS) is 13.6. The van der Waals surface area contributed by atoms with Crippen LogP contribution in [0.5, 0.6) is 0 Å². The summed E-state index contributed by atoms with van der Waals surface area (Å²) in [7, 11) is -30.1. The maximum atomic E-state index is 13.1. The zero-order valence-electron chi connectivity index (χ0n) is 76.8. The molecule has 14 N–H and O–H groups in total. The van der Waals surface area contributed by atoms with Gasteiger partial charge >= 0.3 is 0 Å². The minimum atomic E-state index is -4.04. The molecular weight excluding hydrogens is 2010 g/mol. The van der Waals surface area contributed by atoms with E-state index in [-0.39, 0.29) is 65.4 Å². The van der Waals surface area contributed by atoms with Crippen LogP contribution in [-0.4, -0.2) is 135 Å². The number of nitrogens with one attached hydrogen (secondary N) is 6. The fourth-order valence-corrected chi connectivity index (χ4v) is 20.7. The van der Waals surface area contributed by atoms with E-state index in [1.807, 2.05) is 61.2 Å². The Hall–Kier alpha value is -10.5. The number of benzene rings is 8. The second-order valence-corrected chi connectivity index (χ2v) is 49.8. The van der Waals surface area contributed by atoms with Crippen molar-refractivity contribution in [2.45, 2.75) is 166 Å². The molecule has 0 radical (unpaired) electrons. The molecule has 14 rings (SSSR count). The molecular formula is C90H114Br2N16O18S8. The van der Waals surface area contributed by atoms with Crippen molar-refractivity contribution in [3.05, 3.63) is 213 Å². The summed E-state index contributed by atoms with van der Waals surface area (Å²) in [5.41, 5.74) is 21.8. The van der Waals surface area contributed by atoms with Crippen LogP contribution in [-0.2, 0) is 106 Å². The Morgan fingerprint density at radius 3 is 1.03 bits per heavy atom. The zero-order chi connectivity index (χ0) is 99.6. The summed E-state index contributed by atoms with van der Waals surface area (Å²) in [4.78, 5) is 21.4. The highest BCUT2D eigenvalue weighted by Crippen LogP contribution is 2.39. The number of carbonyl (C=O) groups excluding carboxylic acids is 2. The van der Waals surface area contributed by atoms with Crippen LogP contribution in [0.1, 0.15) is 164 Å². The van der Waals surface area contributed by atoms with E-state index in [9.17, 15) is 76.9 Å². The topological polar surface area (TPSA) is 528 Å². The number of anilines is 8. The molecule has 0 aliphatic carbocycles. The van der Waals surface area contributed by atoms with E-state index < -0.39 is 80.2 Å². The highest BCUT2D eigenvalue weighted by atomic mass is 79.9. The third kappa shape index (κ3) is 29.7. The second kappa shape index (κ2) is 43.7. The minimum absolute atomic E-state index is 0.0402. The van der Waals surface area contributed by atoms with Crippen molar-refractivity contribution in [2.75, 3.05) is 66.0 Å². The number of primary sulfonamides is 2. The van der Waals surface area contributed by atoms with Gasteiger partial charge in [0.05, 0.1) is 47.8 Å². The molecule has 0 bridgehead atoms. The number of fused-ring (bicyclic) bond motifs is 6. The summed E-state index contributed by atoms with van der Waals surface area (Å²) in [5, 5.41) is 20.0. The Morgan fingerprint density at radius 1 is 0.373 bits per heavy atom. The Balaban J connectivity index is 0.000000186. The molecule has 0 atom stereocenters. The first-order valence-electron chi connectivity index (χ1n) is 42.1. The highest BCUT2D eigenvalue weighted by Gasteiger charge is 2.31. The van der Waals surface area contributed by atoms with Gasteiger partial charge in [0.1, 0.15) is 19.6 Å². The van der Waals surface area contributed by atoms with Crippen molar-refractivity contribution >= 4 is 225 Å². The number of halogens is 2. The summed E-state index contributed by atoms with van der Waals surface area (Å²) in [5.74, 6) is 3.76. The van der Waals surface area contributed by atoms with Crippen LogP contribution in [0.3, 0.4) is 0 Å². The first-order valence-corrected chi connectivity index (χ1v) is 57.2. The Morgan fingerprint density at radius 2 is 0.679 bits per heavy atom. The van der Waals surface area contributed by atoms with Crippen molar-refractivity contribution in [3.63, 3.8) is 0 Å². The number of hydrogen-bond acceptors (Lipinski definition) is 22. The van der Waals surface area contributed by atoms with E-state index in [2.05, 4.69) is 208 Å². The molecule has 134 heavy (non-hydrogen) atoms. The number of sulfonamides is 8. The van der Waals surface area contributed by atoms with Gasteiger partial charge in [-0.25, -0.2) is 60.8 Å². The van der Waals surface area contributed by atoms with Crippen LogP contribution in [0, 0.1) is 23.7 Å². The molecule has 4 aromatic heterocycles. The molecule has 8 aromatic carbocycles. The standard InChI is InChI=1S/C24H30N4O4S2.C21H23BrN4O4S2.C17H23NO.C14H16BrNO.2C7H11N3O4S2/c1-15(2)10-11-28-14-20(19-8-6-17(16(3)4)12-22(19)28)24-25-21-9-7-18(26-33(5,29)30)13-23(21)34(31,32)27-24;1-13(2)8-9-26-12-17(16-10-14(22)4-7-19(16)26)21-23-18-6-5-15(24-31(3,27)28)11-20(18)32(29,30)25-21;1-12(2)7-8-18-10-15(11-19)16-6-5-14(13(3)4)9-17(16)18;1-10(2)5-6-16-8-11(9-17)13-7-12(15)3-4-14(13)16;2*1-15(11,12)10-5-2-3-6(8)7(4-5)16(9,13)14/h6-9,12-16,26H,10-11H2,1-5H3,(H,25,27);4-7,10-13,24H,8-9H2,1-3H3,(H,23,25);5-6,9-13H,7-8H2,1-4H3;3-4,7-10H,5-6H2,1-2H3;2*2-4,10H,8H2,1H3,(H2,9,13,14). The lowest BCUT2D eigenvalue weighted by Crippen LogP contribution is -2.22. The predicted octanol–water partition coefficient (Wildman–Crippen LogP) is 16.6. The lowest BCUT2D eigenvalue weighted by atomic mass is 10.0. The van der Waals surface area contributed by atoms with Gasteiger partial charge in [0, 0.05) is 149 Å². The maximum Gasteiger partial charge on any atom is 0.286 e. The fraction of sp³-hybridized carbons (Fsp3) is 0.333. The molecule has 34 nitrogen and oxygen atoms in total. The van der Waals surface area contributed by atoms with Gasteiger partial charge in [-0.15, -0.1) is 8.80 Å². The predicted molar refractivity (Wildman–Crippen MR) is 546 cm³/mol. The molecule has 6 heterocycles. The highest BCUT2D eigenvalue weighted by molar-refractivity contribution is 9.10. The minimum Gasteiger partial charge on any atom is -0.398 e. The molecule has 0 saturated carbocycles. The summed E-state index contributed by atoms with van der Waals surface area (Å²) < 4.78 is 214. The Labute approximate surface area is 801 Å². The molecule has 2 aliphatic heterocycles. The SMILES string of the molecule is CC(C)CCn1cc(C2=NS(=O)(=O)c3cc(NS(C)(=O)=O)ccc3N2)c2cc(Br)ccc21.CC(C)CCn1cc(C2=NS(=O)(=O)c3cc(NS(C)(=O)=O)ccc3N2)c2ccc(C(C)C)cc21.CC(C)CCn1cc(C=O)c2cc(Br)ccc21.CC(C)CCn1cc(C=O)c2ccc(C(C)C)cc21.CS(=O)(=O)Nc1ccc(N)c(S(N)(=O)=O)c1.CS(=O)(=O)Nc1ccc(N)c(S(N)(=O)=O)c1. The second-order valence-electron chi connectivity index (χ2n) is 34.8. The third-order valence-corrected chi connectivity index (χ3v) is 28.7. The average Bonchev–Trinajstić information content (AvgIpc) is 1.46. The number of nitrogen functional groups attached to an aromatic ring is 2. The van der Waals surface area contributed by atoms with Gasteiger partial charge in [0.2, 0.25) is 60.1 Å². The van der Waals surface area contributed by atoms with Gasteiger partial charge < -0.3 is 40.4 Å². The Bertz CT molecular complexity index is 7390. The molecule has 12 aromatic rings. The number of nitrogens with two attached hydrogens (primary N) is 4. The summed E-state index contributed by atoms with van der Waals surface area (Å²) >= 11 is 6.94. The molecule has 2 aliphatic rings. The monoisotopic (exact) mass is 2120 g/mol. The van der Waals surface area contributed by atoms with Crippen molar-refractivity contribution in [1.82, 2.24) is 18.3 Å². The van der Waals surface area contributed by atoms with Gasteiger partial charge in [0.25, 0.3) is 20.0 Å². The van der Waals surface area contributed by atoms with Crippen molar-refractivity contribution in [2.24, 2.45) is 42.7 Å². The number of aromatic nitrogens is 4. The quantitative estimate of drug-likeness (QED) is 0.0161. The van der Waals surface area contributed by atoms with E-state index in [4.69, 9.17) is 21.7 Å². The van der Waals surface area contributed by atoms with Gasteiger partial charge in [-0.1, -0.05) is 139 Å². The number of rotatable bonds is 28. The van der Waals surface area contributed by atoms with Crippen LogP contribution in [0.15, 0.2) is 208 Å². The molecule has 0 fully saturated rings. The van der Waals surface area contributed by atoms with Crippen LogP contribution in [0.2, 0.25) is 0 Å². The van der Waals surface area contributed by atoms with Crippen LogP contribution in [0.25, 0.3) is 43.6 Å². The van der Waals surface area contributed by atoms with E-state index in [0.717, 1.165) is 160 Å². The number of aryl methyl sites for hydroxylation is 4. The summed E-state index contributed by atoms with van der Waals surface area (Å²) in [6, 6.07) is 40.6. The number of carbonyl (C=O) groups is 2. The lowest BCUT2D eigenvalue weighted by Gasteiger charge is -2.19. The Kier molecular flexibility index (Phi) is 34.9. The van der Waals surface area contributed by atoms with Crippen LogP contribution < -0.4 is 51.3 Å². The van der Waals surface area contributed by atoms with Gasteiger partial charge in [-0.2, -0.15) is 16.8 Å². The first kappa shape index (κ1) is 107. The summed E-state index contributed by atoms with van der Waals surface area (Å²) in [6.45, 7) is 29.8. The van der Waals surface area contributed by atoms with E-state index in [0.29, 0.717) is 58.0 Å². The average molecular weight is 2120 g/mol. The molecule has 724 valence electrons. The van der Waals surface area contributed by atoms with Crippen LogP contribution >= 0.6 is 31.9 Å². The first-order chi connectivity index (χ1) is 62.1. The fourth-order valence-electron chi connectivity index (χ4n) is 14.0. The number of aldehydes is 2. The van der Waals surface area contributed by atoms with Gasteiger partial charge in [0.15, 0.2) is 24.2 Å². The number of hydrogen-bond donors (Lipinski definition) is 10. The number of amidine groups is 2. The smallest absolute Gasteiger partial charge is 0.286 e. The van der Waals surface area contributed by atoms with E-state index in [1.54, 1.807) is 6.07 Å². The van der Waals surface area contributed by atoms with E-state index in [1.165, 1.54) is 71.2 Å². The lowest BCUT2D eigenvalue weighted by molar-refractivity contribution is 0.111. The summed E-state index contributed by atoms with van der Waals surface area (Å²) in [6.07, 6.45) is 17.8.